The van der Waals surface area contributed by atoms with Crippen LogP contribution in [0.1, 0.15) is 38.2 Å². The molecule has 0 saturated carbocycles. The molecule has 3 nitrogen and oxygen atoms in total. The van der Waals surface area contributed by atoms with Crippen molar-refractivity contribution in [1.82, 2.24) is 0 Å². The average molecular weight is 262 g/mol. The number of hydrogen-bond donors (Lipinski definition) is 0. The number of carbonyl (C=O) groups is 1. The molecule has 0 atom stereocenters. The maximum atomic E-state index is 10.3. The minimum absolute atomic E-state index is 0.698. The van der Waals surface area contributed by atoms with Crippen molar-refractivity contribution in [1.29, 1.82) is 0 Å². The van der Waals surface area contributed by atoms with Crippen LogP contribution in [0.3, 0.4) is 0 Å². The molecule has 0 saturated heterocycles. The van der Waals surface area contributed by atoms with E-state index in [2.05, 4.69) is 6.92 Å². The van der Waals surface area contributed by atoms with Crippen molar-refractivity contribution < 1.29 is 14.3 Å². The molecule has 0 aromatic heterocycles. The molecule has 0 amide bonds. The molecule has 104 valence electrons. The standard InChI is InChI=1S/C16H22O3/c1-3-4-5-6-12-19-15-10-9-14(8-7-11-17)13-16(15)18-2/h7-11,13H,3-6,12H2,1-2H3/b8-7+. The van der Waals surface area contributed by atoms with Crippen LogP contribution in [0.2, 0.25) is 0 Å². The Hall–Kier alpha value is -1.77. The Morgan fingerprint density at radius 3 is 2.68 bits per heavy atom. The van der Waals surface area contributed by atoms with Gasteiger partial charge in [0.25, 0.3) is 0 Å². The molecular weight excluding hydrogens is 240 g/mol. The summed E-state index contributed by atoms with van der Waals surface area (Å²) >= 11 is 0. The Labute approximate surface area is 115 Å². The van der Waals surface area contributed by atoms with Gasteiger partial charge in [-0.25, -0.2) is 0 Å². The zero-order valence-electron chi connectivity index (χ0n) is 11.7. The van der Waals surface area contributed by atoms with Gasteiger partial charge in [-0.3, -0.25) is 4.79 Å². The summed E-state index contributed by atoms with van der Waals surface area (Å²) in [5.41, 5.74) is 0.919. The maximum absolute atomic E-state index is 10.3. The van der Waals surface area contributed by atoms with Crippen LogP contribution >= 0.6 is 0 Å². The highest BCUT2D eigenvalue weighted by Crippen LogP contribution is 2.28. The minimum atomic E-state index is 0.698. The number of benzene rings is 1. The van der Waals surface area contributed by atoms with Gasteiger partial charge in [0.2, 0.25) is 0 Å². The number of rotatable bonds is 9. The van der Waals surface area contributed by atoms with E-state index in [0.717, 1.165) is 24.0 Å². The fourth-order valence-electron chi connectivity index (χ4n) is 1.77. The van der Waals surface area contributed by atoms with E-state index < -0.39 is 0 Å². The SMILES string of the molecule is CCCCCCOc1ccc(/C=C/C=O)cc1OC. The first-order chi connectivity index (χ1) is 9.31. The highest BCUT2D eigenvalue weighted by atomic mass is 16.5. The van der Waals surface area contributed by atoms with Gasteiger partial charge in [0.1, 0.15) is 6.29 Å². The summed E-state index contributed by atoms with van der Waals surface area (Å²) in [6.45, 7) is 2.90. The minimum Gasteiger partial charge on any atom is -0.493 e. The molecule has 1 aromatic rings. The first-order valence-electron chi connectivity index (χ1n) is 6.74. The molecule has 1 rings (SSSR count). The van der Waals surface area contributed by atoms with Gasteiger partial charge in [-0.05, 0) is 30.2 Å². The predicted molar refractivity (Wildman–Crippen MR) is 77.7 cm³/mol. The number of carbonyl (C=O) groups excluding carboxylic acids is 1. The van der Waals surface area contributed by atoms with Crippen LogP contribution in [0.4, 0.5) is 0 Å². The molecule has 0 aliphatic heterocycles. The summed E-state index contributed by atoms with van der Waals surface area (Å²) in [5, 5.41) is 0. The molecule has 0 spiro atoms. The molecule has 0 radical (unpaired) electrons. The van der Waals surface area contributed by atoms with Gasteiger partial charge in [-0.1, -0.05) is 38.3 Å². The molecule has 19 heavy (non-hydrogen) atoms. The second kappa shape index (κ2) is 9.20. The normalized spacial score (nSPS) is 10.6. The summed E-state index contributed by atoms with van der Waals surface area (Å²) in [6, 6.07) is 5.65. The number of ether oxygens (including phenoxy) is 2. The van der Waals surface area contributed by atoms with Crippen molar-refractivity contribution in [2.24, 2.45) is 0 Å². The van der Waals surface area contributed by atoms with Gasteiger partial charge in [0, 0.05) is 0 Å². The summed E-state index contributed by atoms with van der Waals surface area (Å²) in [4.78, 5) is 10.3. The zero-order chi connectivity index (χ0) is 13.9. The molecule has 0 aliphatic carbocycles. The van der Waals surface area contributed by atoms with Crippen LogP contribution in [0.25, 0.3) is 6.08 Å². The summed E-state index contributed by atoms with van der Waals surface area (Å²) in [6.07, 6.45) is 8.67. The molecule has 0 heterocycles. The van der Waals surface area contributed by atoms with Crippen LogP contribution in [0.5, 0.6) is 11.5 Å². The van der Waals surface area contributed by atoms with E-state index in [1.807, 2.05) is 18.2 Å². The molecule has 1 aromatic carbocycles. The number of aldehydes is 1. The van der Waals surface area contributed by atoms with E-state index in [0.29, 0.717) is 12.4 Å². The average Bonchev–Trinajstić information content (AvgIpc) is 2.45. The summed E-state index contributed by atoms with van der Waals surface area (Å²) in [5.74, 6) is 1.45. The molecule has 0 fully saturated rings. The van der Waals surface area contributed by atoms with Crippen LogP contribution in [0, 0.1) is 0 Å². The summed E-state index contributed by atoms with van der Waals surface area (Å²) in [7, 11) is 1.62. The first kappa shape index (κ1) is 15.3. The second-order valence-corrected chi connectivity index (χ2v) is 4.31. The van der Waals surface area contributed by atoms with Gasteiger partial charge in [-0.2, -0.15) is 0 Å². The van der Waals surface area contributed by atoms with Gasteiger partial charge in [0.15, 0.2) is 11.5 Å². The monoisotopic (exact) mass is 262 g/mol. The highest BCUT2D eigenvalue weighted by Gasteiger charge is 2.04. The third-order valence-electron chi connectivity index (χ3n) is 2.81. The van der Waals surface area contributed by atoms with Crippen molar-refractivity contribution in [3.8, 4) is 11.5 Å². The van der Waals surface area contributed by atoms with Crippen LogP contribution in [0.15, 0.2) is 24.3 Å². The molecule has 0 N–H and O–H groups in total. The smallest absolute Gasteiger partial charge is 0.161 e. The van der Waals surface area contributed by atoms with Gasteiger partial charge < -0.3 is 9.47 Å². The Kier molecular flexibility index (Phi) is 7.40. The van der Waals surface area contributed by atoms with E-state index >= 15 is 0 Å². The van der Waals surface area contributed by atoms with E-state index in [-0.39, 0.29) is 0 Å². The van der Waals surface area contributed by atoms with Crippen LogP contribution in [-0.4, -0.2) is 20.0 Å². The quantitative estimate of drug-likeness (QED) is 0.385. The Balaban J connectivity index is 2.57. The van der Waals surface area contributed by atoms with Crippen molar-refractivity contribution in [3.05, 3.63) is 29.8 Å². The van der Waals surface area contributed by atoms with Gasteiger partial charge in [0.05, 0.1) is 13.7 Å². The largest absolute Gasteiger partial charge is 0.493 e. The van der Waals surface area contributed by atoms with Crippen LogP contribution < -0.4 is 9.47 Å². The maximum Gasteiger partial charge on any atom is 0.161 e. The predicted octanol–water partition coefficient (Wildman–Crippen LogP) is 3.87. The number of hydrogen-bond acceptors (Lipinski definition) is 3. The third-order valence-corrected chi connectivity index (χ3v) is 2.81. The van der Waals surface area contributed by atoms with Crippen molar-refractivity contribution in [2.45, 2.75) is 32.6 Å². The van der Waals surface area contributed by atoms with E-state index in [4.69, 9.17) is 9.47 Å². The lowest BCUT2D eigenvalue weighted by atomic mass is 10.2. The van der Waals surface area contributed by atoms with E-state index in [1.165, 1.54) is 25.3 Å². The lowest BCUT2D eigenvalue weighted by molar-refractivity contribution is -0.104. The first-order valence-corrected chi connectivity index (χ1v) is 6.74. The highest BCUT2D eigenvalue weighted by molar-refractivity contribution is 5.74. The number of allylic oxidation sites excluding steroid dienone is 1. The van der Waals surface area contributed by atoms with Gasteiger partial charge in [-0.15, -0.1) is 0 Å². The molecule has 0 bridgehead atoms. The number of methoxy groups -OCH3 is 1. The molecular formula is C16H22O3. The fourth-order valence-corrected chi connectivity index (χ4v) is 1.77. The van der Waals surface area contributed by atoms with Gasteiger partial charge >= 0.3 is 0 Å². The second-order valence-electron chi connectivity index (χ2n) is 4.31. The topological polar surface area (TPSA) is 35.5 Å². The van der Waals surface area contributed by atoms with Crippen molar-refractivity contribution in [3.63, 3.8) is 0 Å². The molecule has 0 aliphatic rings. The number of unbranched alkanes of at least 4 members (excludes halogenated alkanes) is 3. The Morgan fingerprint density at radius 1 is 1.16 bits per heavy atom. The Morgan fingerprint density at radius 2 is 2.00 bits per heavy atom. The van der Waals surface area contributed by atoms with Crippen molar-refractivity contribution in [2.75, 3.05) is 13.7 Å². The zero-order valence-corrected chi connectivity index (χ0v) is 11.7. The third kappa shape index (κ3) is 5.60. The Bertz CT molecular complexity index is 410. The van der Waals surface area contributed by atoms with Crippen molar-refractivity contribution >= 4 is 12.4 Å². The van der Waals surface area contributed by atoms with E-state index in [1.54, 1.807) is 13.2 Å². The molecule has 0 unspecified atom stereocenters. The summed E-state index contributed by atoms with van der Waals surface area (Å²) < 4.78 is 11.0. The van der Waals surface area contributed by atoms with Crippen LogP contribution in [-0.2, 0) is 4.79 Å². The molecule has 3 heteroatoms. The van der Waals surface area contributed by atoms with E-state index in [9.17, 15) is 4.79 Å². The fraction of sp³-hybridized carbons (Fsp3) is 0.438. The lowest BCUT2D eigenvalue weighted by Gasteiger charge is -2.11. The lowest BCUT2D eigenvalue weighted by Crippen LogP contribution is -1.99.